The maximum Gasteiger partial charge on any atom is 0.259 e. The van der Waals surface area contributed by atoms with Gasteiger partial charge in [-0.1, -0.05) is 48.5 Å². The first-order chi connectivity index (χ1) is 16.1. The Kier molecular flexibility index (Phi) is 7.75. The third-order valence-electron chi connectivity index (χ3n) is 4.81. The van der Waals surface area contributed by atoms with E-state index in [0.717, 1.165) is 22.7 Å². The lowest BCUT2D eigenvalue weighted by atomic mass is 10.1. The number of anilines is 3. The predicted octanol–water partition coefficient (Wildman–Crippen LogP) is 4.92. The van der Waals surface area contributed by atoms with Gasteiger partial charge >= 0.3 is 0 Å². The molecular weight excluding hydrogens is 450 g/mol. The topological polar surface area (TPSA) is 98.7 Å². The fraction of sp³-hybridized carbons (Fsp3) is 0.115. The van der Waals surface area contributed by atoms with E-state index in [1.807, 2.05) is 73.6 Å². The van der Waals surface area contributed by atoms with E-state index in [1.54, 1.807) is 36.4 Å². The number of phenols is 1. The average molecular weight is 478 g/mol. The molecule has 3 N–H and O–H groups in total. The molecule has 4 aromatic carbocycles. The highest BCUT2D eigenvalue weighted by Crippen LogP contribution is 2.25. The van der Waals surface area contributed by atoms with Crippen molar-refractivity contribution >= 4 is 43.8 Å². The summed E-state index contributed by atoms with van der Waals surface area (Å²) in [4.78, 5) is 14.1. The number of carbonyl (C=O) groups is 1. The number of nitrogens with zero attached hydrogens (tertiary/aromatic N) is 1. The lowest BCUT2D eigenvalue weighted by Gasteiger charge is -2.13. The Morgan fingerprint density at radius 3 is 2.00 bits per heavy atom. The number of nitrogens with one attached hydrogen (secondary N) is 2. The van der Waals surface area contributed by atoms with Crippen molar-refractivity contribution in [2.75, 3.05) is 35.3 Å². The zero-order valence-electron chi connectivity index (χ0n) is 19.2. The first kappa shape index (κ1) is 24.6. The maximum absolute atomic E-state index is 12.2. The molecule has 0 unspecified atom stereocenters. The first-order valence-electron chi connectivity index (χ1n) is 10.5. The molecular formula is C26H27N3O4S. The lowest BCUT2D eigenvalue weighted by molar-refractivity contribution is 0.102. The van der Waals surface area contributed by atoms with Gasteiger partial charge in [-0.25, -0.2) is 8.42 Å². The molecule has 0 bridgehead atoms. The Balaban J connectivity index is 0.000000204. The van der Waals surface area contributed by atoms with E-state index in [9.17, 15) is 18.3 Å². The third-order valence-corrected chi connectivity index (χ3v) is 5.41. The van der Waals surface area contributed by atoms with Gasteiger partial charge in [0.25, 0.3) is 5.91 Å². The number of para-hydroxylation sites is 1. The molecule has 0 heterocycles. The number of aromatic hydroxyl groups is 1. The van der Waals surface area contributed by atoms with E-state index < -0.39 is 10.0 Å². The molecule has 4 rings (SSSR count). The Bertz CT molecular complexity index is 1390. The standard InChI is InChI=1S/C17H13NO2.C9H14N2O2S/c19-16-11-13-7-5-4-6-12(13)10-15(16)17(20)18-14-8-2-1-3-9-14;1-11(2)9-6-4-5-8(7-9)10-14(3,12)13/h1-11,19H,(H,18,20);4-7,10H,1-3H3. The summed E-state index contributed by atoms with van der Waals surface area (Å²) in [5.41, 5.74) is 2.51. The number of hydrogen-bond donors (Lipinski definition) is 3. The van der Waals surface area contributed by atoms with Crippen molar-refractivity contribution in [3.05, 3.63) is 96.6 Å². The molecule has 0 aromatic heterocycles. The average Bonchev–Trinajstić information content (AvgIpc) is 2.78. The number of amides is 1. The fourth-order valence-corrected chi connectivity index (χ4v) is 3.75. The van der Waals surface area contributed by atoms with Crippen LogP contribution in [0.2, 0.25) is 0 Å². The Morgan fingerprint density at radius 1 is 0.794 bits per heavy atom. The summed E-state index contributed by atoms with van der Waals surface area (Å²) < 4.78 is 24.3. The van der Waals surface area contributed by atoms with Gasteiger partial charge in [-0.2, -0.15) is 0 Å². The smallest absolute Gasteiger partial charge is 0.259 e. The first-order valence-corrected chi connectivity index (χ1v) is 12.3. The zero-order chi connectivity index (χ0) is 24.7. The lowest BCUT2D eigenvalue weighted by Crippen LogP contribution is -2.12. The highest BCUT2D eigenvalue weighted by atomic mass is 32.2. The summed E-state index contributed by atoms with van der Waals surface area (Å²) in [6, 6.07) is 27.3. The van der Waals surface area contributed by atoms with Gasteiger partial charge in [-0.15, -0.1) is 0 Å². The normalized spacial score (nSPS) is 10.7. The molecule has 1 amide bonds. The van der Waals surface area contributed by atoms with E-state index >= 15 is 0 Å². The largest absolute Gasteiger partial charge is 0.507 e. The molecule has 0 fully saturated rings. The van der Waals surface area contributed by atoms with Gasteiger partial charge in [0.05, 0.1) is 17.5 Å². The molecule has 0 saturated carbocycles. The number of hydrogen-bond acceptors (Lipinski definition) is 5. The Morgan fingerprint density at radius 2 is 1.38 bits per heavy atom. The number of rotatable bonds is 5. The van der Waals surface area contributed by atoms with Gasteiger partial charge in [0.2, 0.25) is 10.0 Å². The number of sulfonamides is 1. The molecule has 0 aliphatic heterocycles. The third kappa shape index (κ3) is 6.98. The van der Waals surface area contributed by atoms with Gasteiger partial charge in [-0.3, -0.25) is 9.52 Å². The van der Waals surface area contributed by atoms with Crippen molar-refractivity contribution < 1.29 is 18.3 Å². The quantitative estimate of drug-likeness (QED) is 0.379. The highest BCUT2D eigenvalue weighted by molar-refractivity contribution is 7.92. The summed E-state index contributed by atoms with van der Waals surface area (Å²) >= 11 is 0. The van der Waals surface area contributed by atoms with Crippen molar-refractivity contribution in [1.82, 2.24) is 0 Å². The van der Waals surface area contributed by atoms with Gasteiger partial charge in [0.1, 0.15) is 5.75 Å². The number of fused-ring (bicyclic) bond motifs is 1. The van der Waals surface area contributed by atoms with Crippen molar-refractivity contribution in [2.45, 2.75) is 0 Å². The minimum Gasteiger partial charge on any atom is -0.507 e. The van der Waals surface area contributed by atoms with Crippen LogP contribution in [0.1, 0.15) is 10.4 Å². The van der Waals surface area contributed by atoms with E-state index in [-0.39, 0.29) is 17.2 Å². The molecule has 4 aromatic rings. The molecule has 7 nitrogen and oxygen atoms in total. The van der Waals surface area contributed by atoms with Gasteiger partial charge in [0, 0.05) is 25.5 Å². The molecule has 0 aliphatic carbocycles. The van der Waals surface area contributed by atoms with Crippen LogP contribution in [0.4, 0.5) is 17.1 Å². The van der Waals surface area contributed by atoms with E-state index in [4.69, 9.17) is 0 Å². The minimum atomic E-state index is -3.19. The molecule has 0 radical (unpaired) electrons. The Labute approximate surface area is 199 Å². The van der Waals surface area contributed by atoms with Crippen LogP contribution in [-0.4, -0.2) is 39.8 Å². The summed E-state index contributed by atoms with van der Waals surface area (Å²) in [6.07, 6.45) is 1.13. The molecule has 0 atom stereocenters. The monoisotopic (exact) mass is 477 g/mol. The number of phenolic OH excluding ortho intramolecular Hbond substituents is 1. The molecule has 0 aliphatic rings. The van der Waals surface area contributed by atoms with Crippen LogP contribution in [-0.2, 0) is 10.0 Å². The summed E-state index contributed by atoms with van der Waals surface area (Å²) in [7, 11) is 0.617. The molecule has 0 saturated heterocycles. The number of carbonyl (C=O) groups excluding carboxylic acids is 1. The van der Waals surface area contributed by atoms with E-state index in [0.29, 0.717) is 11.4 Å². The van der Waals surface area contributed by atoms with E-state index in [2.05, 4.69) is 10.0 Å². The van der Waals surface area contributed by atoms with Crippen LogP contribution in [0.15, 0.2) is 91.0 Å². The van der Waals surface area contributed by atoms with Crippen molar-refractivity contribution in [1.29, 1.82) is 0 Å². The summed E-state index contributed by atoms with van der Waals surface area (Å²) in [5, 5.41) is 14.6. The zero-order valence-corrected chi connectivity index (χ0v) is 20.0. The van der Waals surface area contributed by atoms with E-state index in [1.165, 1.54) is 0 Å². The minimum absolute atomic E-state index is 0.0165. The fourth-order valence-electron chi connectivity index (χ4n) is 3.19. The summed E-state index contributed by atoms with van der Waals surface area (Å²) in [5.74, 6) is -0.336. The SMILES string of the molecule is CN(C)c1cccc(NS(C)(=O)=O)c1.O=C(Nc1ccccc1)c1cc2ccccc2cc1O. The number of benzene rings is 4. The second-order valence-corrected chi connectivity index (χ2v) is 9.60. The van der Waals surface area contributed by atoms with Crippen LogP contribution in [0.3, 0.4) is 0 Å². The van der Waals surface area contributed by atoms with Gasteiger partial charge in [0.15, 0.2) is 0 Å². The van der Waals surface area contributed by atoms with Gasteiger partial charge < -0.3 is 15.3 Å². The molecule has 0 spiro atoms. The molecule has 8 heteroatoms. The van der Waals surface area contributed by atoms with Crippen LogP contribution in [0.25, 0.3) is 10.8 Å². The van der Waals surface area contributed by atoms with Crippen LogP contribution < -0.4 is 14.9 Å². The molecule has 34 heavy (non-hydrogen) atoms. The van der Waals surface area contributed by atoms with Crippen LogP contribution >= 0.6 is 0 Å². The maximum atomic E-state index is 12.2. The second-order valence-electron chi connectivity index (χ2n) is 7.86. The van der Waals surface area contributed by atoms with Crippen LogP contribution in [0.5, 0.6) is 5.75 Å². The summed E-state index contributed by atoms with van der Waals surface area (Å²) in [6.45, 7) is 0. The Hall–Kier alpha value is -4.04. The molecule has 176 valence electrons. The van der Waals surface area contributed by atoms with Crippen LogP contribution in [0, 0.1) is 0 Å². The highest BCUT2D eigenvalue weighted by Gasteiger charge is 2.12. The van der Waals surface area contributed by atoms with Crippen molar-refractivity contribution in [2.24, 2.45) is 0 Å². The van der Waals surface area contributed by atoms with Crippen molar-refractivity contribution in [3.63, 3.8) is 0 Å². The van der Waals surface area contributed by atoms with Gasteiger partial charge in [-0.05, 0) is 53.2 Å². The second kappa shape index (κ2) is 10.7. The van der Waals surface area contributed by atoms with Crippen molar-refractivity contribution in [3.8, 4) is 5.75 Å². The predicted molar refractivity (Wildman–Crippen MR) is 139 cm³/mol.